The molecule has 0 heterocycles. The van der Waals surface area contributed by atoms with Crippen molar-refractivity contribution in [3.63, 3.8) is 0 Å². The van der Waals surface area contributed by atoms with Crippen LogP contribution in [-0.2, 0) is 4.79 Å². The quantitative estimate of drug-likeness (QED) is 0.650. The van der Waals surface area contributed by atoms with Gasteiger partial charge in [-0.15, -0.1) is 0 Å². The van der Waals surface area contributed by atoms with Crippen LogP contribution < -0.4 is 39.6 Å². The van der Waals surface area contributed by atoms with Crippen molar-refractivity contribution in [1.82, 2.24) is 0 Å². The monoisotopic (exact) mass is 203 g/mol. The molecule has 0 aliphatic rings. The molecule has 3 nitrogen and oxygen atoms in total. The Balaban J connectivity index is 0. The Morgan fingerprint density at radius 3 is 2.43 bits per heavy atom. The topological polar surface area (TPSA) is 38.3 Å². The molecule has 72 valence electrons. The molecular formula is C10H14NNaO2. The number of carbonyl (C=O) groups excluding carboxylic acids is 1. The molecule has 1 aromatic carbocycles. The molecule has 0 saturated heterocycles. The minimum absolute atomic E-state index is 0. The van der Waals surface area contributed by atoms with Gasteiger partial charge in [-0.2, -0.15) is 0 Å². The fraction of sp³-hybridized carbons (Fsp3) is 0.300. The number of ether oxygens (including phenoxy) is 1. The van der Waals surface area contributed by atoms with Crippen LogP contribution in [0.25, 0.3) is 0 Å². The van der Waals surface area contributed by atoms with Crippen LogP contribution in [0.5, 0.6) is 5.75 Å². The molecule has 0 fully saturated rings. The van der Waals surface area contributed by atoms with Crippen LogP contribution in [0.1, 0.15) is 15.3 Å². The molecule has 0 bridgehead atoms. The molecule has 1 aromatic rings. The SMILES string of the molecule is CCOc1ccc(NC(C)=O)cc1.[H-].[Na+]. The third kappa shape index (κ3) is 4.65. The number of amides is 1. The normalized spacial score (nSPS) is 8.71. The summed E-state index contributed by atoms with van der Waals surface area (Å²) in [5.74, 6) is 0.751. The van der Waals surface area contributed by atoms with Crippen LogP contribution in [0, 0.1) is 0 Å². The molecule has 1 amide bonds. The number of hydrogen-bond acceptors (Lipinski definition) is 2. The van der Waals surface area contributed by atoms with Gasteiger partial charge in [0.1, 0.15) is 5.75 Å². The van der Waals surface area contributed by atoms with E-state index in [-0.39, 0.29) is 36.9 Å². The maximum Gasteiger partial charge on any atom is 1.00 e. The Morgan fingerprint density at radius 1 is 1.43 bits per heavy atom. The summed E-state index contributed by atoms with van der Waals surface area (Å²) in [5.41, 5.74) is 0.788. The average Bonchev–Trinajstić information content (AvgIpc) is 2.08. The predicted octanol–water partition coefficient (Wildman–Crippen LogP) is -0.840. The number of benzene rings is 1. The van der Waals surface area contributed by atoms with Crippen molar-refractivity contribution in [3.8, 4) is 5.75 Å². The van der Waals surface area contributed by atoms with Crippen LogP contribution in [0.2, 0.25) is 0 Å². The van der Waals surface area contributed by atoms with Crippen molar-refractivity contribution in [2.45, 2.75) is 13.8 Å². The first-order valence-corrected chi connectivity index (χ1v) is 4.23. The summed E-state index contributed by atoms with van der Waals surface area (Å²) in [4.78, 5) is 10.7. The van der Waals surface area contributed by atoms with E-state index < -0.39 is 0 Å². The van der Waals surface area contributed by atoms with E-state index in [0.717, 1.165) is 11.4 Å². The summed E-state index contributed by atoms with van der Waals surface area (Å²) in [7, 11) is 0. The Hall–Kier alpha value is -0.510. The van der Waals surface area contributed by atoms with Gasteiger partial charge in [-0.25, -0.2) is 0 Å². The first-order chi connectivity index (χ1) is 6.22. The molecule has 0 atom stereocenters. The van der Waals surface area contributed by atoms with Gasteiger partial charge in [0.05, 0.1) is 6.61 Å². The maximum absolute atomic E-state index is 10.7. The fourth-order valence-electron chi connectivity index (χ4n) is 1.00. The second kappa shape index (κ2) is 6.87. The van der Waals surface area contributed by atoms with Gasteiger partial charge in [0.15, 0.2) is 0 Å². The second-order valence-electron chi connectivity index (χ2n) is 2.64. The van der Waals surface area contributed by atoms with E-state index in [2.05, 4.69) is 5.32 Å². The molecule has 1 rings (SSSR count). The van der Waals surface area contributed by atoms with Crippen molar-refractivity contribution in [2.24, 2.45) is 0 Å². The van der Waals surface area contributed by atoms with Crippen LogP contribution in [0.15, 0.2) is 24.3 Å². The zero-order valence-corrected chi connectivity index (χ0v) is 10.8. The summed E-state index contributed by atoms with van der Waals surface area (Å²) >= 11 is 0. The van der Waals surface area contributed by atoms with Crippen LogP contribution >= 0.6 is 0 Å². The predicted molar refractivity (Wildman–Crippen MR) is 53.0 cm³/mol. The van der Waals surface area contributed by atoms with Gasteiger partial charge < -0.3 is 11.5 Å². The Morgan fingerprint density at radius 2 is 2.00 bits per heavy atom. The van der Waals surface area contributed by atoms with E-state index in [9.17, 15) is 4.79 Å². The number of hydrogen-bond donors (Lipinski definition) is 1. The Labute approximate surface area is 108 Å². The molecule has 4 heteroatoms. The number of anilines is 1. The molecular weight excluding hydrogens is 189 g/mol. The van der Waals surface area contributed by atoms with Gasteiger partial charge in [0.25, 0.3) is 0 Å². The molecule has 14 heavy (non-hydrogen) atoms. The fourth-order valence-corrected chi connectivity index (χ4v) is 1.00. The standard InChI is InChI=1S/C10H13NO2.Na.H/c1-3-13-10-6-4-9(5-7-10)11-8(2)12;;/h4-7H,3H2,1-2H3,(H,11,12);;/q;+1;-1. The van der Waals surface area contributed by atoms with Crippen molar-refractivity contribution in [1.29, 1.82) is 0 Å². The van der Waals surface area contributed by atoms with Crippen LogP contribution in [0.4, 0.5) is 5.69 Å². The second-order valence-corrected chi connectivity index (χ2v) is 2.64. The van der Waals surface area contributed by atoms with Gasteiger partial charge in [-0.05, 0) is 31.2 Å². The minimum atomic E-state index is -0.0656. The third-order valence-electron chi connectivity index (χ3n) is 1.49. The summed E-state index contributed by atoms with van der Waals surface area (Å²) in [6, 6.07) is 7.28. The zero-order valence-electron chi connectivity index (χ0n) is 9.83. The van der Waals surface area contributed by atoms with E-state index in [1.54, 1.807) is 0 Å². The largest absolute Gasteiger partial charge is 1.00 e. The van der Waals surface area contributed by atoms with Crippen LogP contribution in [0.3, 0.4) is 0 Å². The van der Waals surface area contributed by atoms with Gasteiger partial charge in [-0.3, -0.25) is 4.79 Å². The van der Waals surface area contributed by atoms with Crippen molar-refractivity contribution >= 4 is 11.6 Å². The number of rotatable bonds is 3. The van der Waals surface area contributed by atoms with Crippen molar-refractivity contribution in [3.05, 3.63) is 24.3 Å². The zero-order chi connectivity index (χ0) is 9.68. The van der Waals surface area contributed by atoms with E-state index in [1.165, 1.54) is 6.92 Å². The molecule has 1 N–H and O–H groups in total. The average molecular weight is 203 g/mol. The number of nitrogens with one attached hydrogen (secondary N) is 1. The van der Waals surface area contributed by atoms with Gasteiger partial charge in [0, 0.05) is 12.6 Å². The number of carbonyl (C=O) groups is 1. The molecule has 0 saturated carbocycles. The molecule has 0 unspecified atom stereocenters. The summed E-state index contributed by atoms with van der Waals surface area (Å²) < 4.78 is 5.25. The Kier molecular flexibility index (Phi) is 6.62. The van der Waals surface area contributed by atoms with Gasteiger partial charge in [-0.1, -0.05) is 0 Å². The van der Waals surface area contributed by atoms with E-state index in [1.807, 2.05) is 31.2 Å². The van der Waals surface area contributed by atoms with E-state index in [0.29, 0.717) is 6.61 Å². The van der Waals surface area contributed by atoms with Crippen LogP contribution in [-0.4, -0.2) is 12.5 Å². The summed E-state index contributed by atoms with van der Waals surface area (Å²) in [5, 5.41) is 2.68. The first kappa shape index (κ1) is 13.5. The molecule has 0 aromatic heterocycles. The molecule has 0 aliphatic heterocycles. The minimum Gasteiger partial charge on any atom is -1.00 e. The van der Waals surface area contributed by atoms with E-state index >= 15 is 0 Å². The third-order valence-corrected chi connectivity index (χ3v) is 1.49. The maximum atomic E-state index is 10.7. The van der Waals surface area contributed by atoms with Gasteiger partial charge >= 0.3 is 29.6 Å². The smallest absolute Gasteiger partial charge is 1.00 e. The van der Waals surface area contributed by atoms with E-state index in [4.69, 9.17) is 4.74 Å². The van der Waals surface area contributed by atoms with Crippen molar-refractivity contribution in [2.75, 3.05) is 11.9 Å². The summed E-state index contributed by atoms with van der Waals surface area (Å²) in [6.07, 6.45) is 0. The summed E-state index contributed by atoms with van der Waals surface area (Å²) in [6.45, 7) is 4.07. The van der Waals surface area contributed by atoms with Crippen molar-refractivity contribution < 1.29 is 40.5 Å². The molecule has 0 radical (unpaired) electrons. The molecule has 0 aliphatic carbocycles. The molecule has 0 spiro atoms. The first-order valence-electron chi connectivity index (χ1n) is 4.23. The Bertz CT molecular complexity index is 290. The van der Waals surface area contributed by atoms with Gasteiger partial charge in [0.2, 0.25) is 5.91 Å².